The quantitative estimate of drug-likeness (QED) is 0.611. The molecular formula is C20H22N2O4. The largest absolute Gasteiger partial charge is 0.507 e. The number of ether oxygens (including phenoxy) is 2. The van der Waals surface area contributed by atoms with Crippen molar-refractivity contribution in [3.63, 3.8) is 0 Å². The Morgan fingerprint density at radius 3 is 2.77 bits per heavy atom. The van der Waals surface area contributed by atoms with Crippen molar-refractivity contribution in [2.24, 2.45) is 7.05 Å². The van der Waals surface area contributed by atoms with E-state index in [0.29, 0.717) is 22.8 Å². The van der Waals surface area contributed by atoms with Gasteiger partial charge in [-0.2, -0.15) is 0 Å². The summed E-state index contributed by atoms with van der Waals surface area (Å²) in [7, 11) is 3.18. The van der Waals surface area contributed by atoms with Crippen molar-refractivity contribution >= 4 is 11.6 Å². The summed E-state index contributed by atoms with van der Waals surface area (Å²) < 4.78 is 11.9. The molecule has 6 nitrogen and oxygen atoms in total. The van der Waals surface area contributed by atoms with Crippen LogP contribution in [0.25, 0.3) is 11.6 Å². The van der Waals surface area contributed by atoms with Crippen LogP contribution in [0.2, 0.25) is 0 Å². The van der Waals surface area contributed by atoms with Crippen molar-refractivity contribution in [3.8, 4) is 11.5 Å². The summed E-state index contributed by atoms with van der Waals surface area (Å²) in [4.78, 5) is 16.5. The van der Waals surface area contributed by atoms with Gasteiger partial charge in [-0.25, -0.2) is 0 Å². The third-order valence-corrected chi connectivity index (χ3v) is 3.87. The van der Waals surface area contributed by atoms with Gasteiger partial charge < -0.3 is 19.1 Å². The number of aromatic nitrogens is 2. The molecule has 0 saturated heterocycles. The highest BCUT2D eigenvalue weighted by Gasteiger charge is 2.12. The summed E-state index contributed by atoms with van der Waals surface area (Å²) in [5.41, 5.74) is 1.70. The summed E-state index contributed by atoms with van der Waals surface area (Å²) in [6.45, 7) is 9.55. The first-order chi connectivity index (χ1) is 12.3. The van der Waals surface area contributed by atoms with Gasteiger partial charge >= 0.3 is 0 Å². The van der Waals surface area contributed by atoms with Crippen LogP contribution >= 0.6 is 0 Å². The fourth-order valence-corrected chi connectivity index (χ4v) is 2.21. The molecule has 26 heavy (non-hydrogen) atoms. The SMILES string of the molecule is C=C(COc1cncc(/C=C/C(=C)c2c(O)cc(C)n(C)c2=O)c1)OC. The van der Waals surface area contributed by atoms with E-state index in [1.54, 1.807) is 44.6 Å². The molecule has 0 radical (unpaired) electrons. The van der Waals surface area contributed by atoms with Crippen molar-refractivity contribution in [2.45, 2.75) is 6.92 Å². The van der Waals surface area contributed by atoms with Crippen LogP contribution in [0.4, 0.5) is 0 Å². The number of hydrogen-bond donors (Lipinski definition) is 1. The van der Waals surface area contributed by atoms with Crippen LogP contribution in [0.5, 0.6) is 11.5 Å². The van der Waals surface area contributed by atoms with Gasteiger partial charge in [0.15, 0.2) is 0 Å². The fraction of sp³-hybridized carbons (Fsp3) is 0.200. The van der Waals surface area contributed by atoms with Gasteiger partial charge in [-0.05, 0) is 24.1 Å². The smallest absolute Gasteiger partial charge is 0.262 e. The predicted octanol–water partition coefficient (Wildman–Crippen LogP) is 3.06. The topological polar surface area (TPSA) is 73.6 Å². The normalized spacial score (nSPS) is 10.7. The molecule has 0 atom stereocenters. The van der Waals surface area contributed by atoms with Crippen LogP contribution < -0.4 is 10.3 Å². The predicted molar refractivity (Wildman–Crippen MR) is 102 cm³/mol. The average molecular weight is 354 g/mol. The zero-order chi connectivity index (χ0) is 19.3. The fourth-order valence-electron chi connectivity index (χ4n) is 2.21. The number of aryl methyl sites for hydroxylation is 1. The molecule has 0 aromatic carbocycles. The van der Waals surface area contributed by atoms with Crippen LogP contribution in [-0.4, -0.2) is 28.4 Å². The van der Waals surface area contributed by atoms with E-state index in [-0.39, 0.29) is 23.5 Å². The summed E-state index contributed by atoms with van der Waals surface area (Å²) in [6, 6.07) is 3.32. The molecule has 0 aliphatic rings. The number of aromatic hydroxyl groups is 1. The highest BCUT2D eigenvalue weighted by Crippen LogP contribution is 2.23. The maximum Gasteiger partial charge on any atom is 0.262 e. The van der Waals surface area contributed by atoms with Crippen molar-refractivity contribution in [1.82, 2.24) is 9.55 Å². The van der Waals surface area contributed by atoms with Gasteiger partial charge in [0.1, 0.15) is 23.9 Å². The van der Waals surface area contributed by atoms with Crippen molar-refractivity contribution in [3.05, 3.63) is 76.7 Å². The van der Waals surface area contributed by atoms with E-state index in [1.165, 1.54) is 17.7 Å². The van der Waals surface area contributed by atoms with E-state index >= 15 is 0 Å². The Morgan fingerprint density at radius 1 is 1.35 bits per heavy atom. The van der Waals surface area contributed by atoms with Gasteiger partial charge in [-0.1, -0.05) is 25.3 Å². The summed E-state index contributed by atoms with van der Waals surface area (Å²) in [5.74, 6) is 0.976. The number of pyridine rings is 2. The lowest BCUT2D eigenvalue weighted by molar-refractivity contribution is 0.220. The first-order valence-electron chi connectivity index (χ1n) is 7.90. The highest BCUT2D eigenvalue weighted by molar-refractivity contribution is 5.79. The second-order valence-corrected chi connectivity index (χ2v) is 5.75. The van der Waals surface area contributed by atoms with Crippen LogP contribution in [0, 0.1) is 6.92 Å². The minimum Gasteiger partial charge on any atom is -0.507 e. The Bertz CT molecular complexity index is 926. The molecule has 2 rings (SSSR count). The zero-order valence-electron chi connectivity index (χ0n) is 15.2. The van der Waals surface area contributed by atoms with Gasteiger partial charge in [0.2, 0.25) is 0 Å². The molecule has 6 heteroatoms. The zero-order valence-corrected chi connectivity index (χ0v) is 15.2. The number of allylic oxidation sites excluding steroid dienone is 2. The minimum atomic E-state index is -0.301. The first kappa shape index (κ1) is 19.1. The summed E-state index contributed by atoms with van der Waals surface area (Å²) >= 11 is 0. The molecule has 0 amide bonds. The molecule has 0 aliphatic carbocycles. The molecule has 136 valence electrons. The van der Waals surface area contributed by atoms with Crippen LogP contribution in [-0.2, 0) is 11.8 Å². The molecule has 1 N–H and O–H groups in total. The Balaban J connectivity index is 2.20. The average Bonchev–Trinajstić information content (AvgIpc) is 2.63. The van der Waals surface area contributed by atoms with Crippen molar-refractivity contribution in [2.75, 3.05) is 13.7 Å². The molecular weight excluding hydrogens is 332 g/mol. The van der Waals surface area contributed by atoms with E-state index in [2.05, 4.69) is 18.1 Å². The standard InChI is InChI=1S/C20H22N2O4/c1-13(19-18(23)8-14(2)22(4)20(19)24)6-7-16-9-17(11-21-10-16)26-12-15(3)25-5/h6-11,23H,1,3,12H2,2,4-5H3/b7-6+. The molecule has 0 saturated carbocycles. The van der Waals surface area contributed by atoms with Crippen LogP contribution in [0.15, 0.2) is 54.3 Å². The Hall–Kier alpha value is -3.28. The molecule has 0 spiro atoms. The first-order valence-corrected chi connectivity index (χ1v) is 7.90. The second kappa shape index (κ2) is 8.20. The lowest BCUT2D eigenvalue weighted by atomic mass is 10.1. The molecule has 2 aromatic rings. The van der Waals surface area contributed by atoms with E-state index in [0.717, 1.165) is 5.56 Å². The Morgan fingerprint density at radius 2 is 2.08 bits per heavy atom. The van der Waals surface area contributed by atoms with Gasteiger partial charge in [0, 0.05) is 25.0 Å². The molecule has 0 aliphatic heterocycles. The molecule has 0 unspecified atom stereocenters. The summed E-state index contributed by atoms with van der Waals surface area (Å²) in [5, 5.41) is 10.1. The van der Waals surface area contributed by atoms with Gasteiger partial charge in [-0.3, -0.25) is 9.78 Å². The van der Waals surface area contributed by atoms with Gasteiger partial charge in [-0.15, -0.1) is 0 Å². The van der Waals surface area contributed by atoms with E-state index in [4.69, 9.17) is 9.47 Å². The number of nitrogens with zero attached hydrogens (tertiary/aromatic N) is 2. The highest BCUT2D eigenvalue weighted by atomic mass is 16.5. The minimum absolute atomic E-state index is 0.0893. The monoisotopic (exact) mass is 354 g/mol. The molecule has 2 aromatic heterocycles. The van der Waals surface area contributed by atoms with Gasteiger partial charge in [0.05, 0.1) is 18.9 Å². The Labute approximate surface area is 152 Å². The lowest BCUT2D eigenvalue weighted by Crippen LogP contribution is -2.22. The Kier molecular flexibility index (Phi) is 6.01. The third-order valence-electron chi connectivity index (χ3n) is 3.87. The van der Waals surface area contributed by atoms with E-state index < -0.39 is 0 Å². The van der Waals surface area contributed by atoms with Crippen LogP contribution in [0.1, 0.15) is 16.8 Å². The van der Waals surface area contributed by atoms with E-state index in [1.807, 2.05) is 0 Å². The molecule has 0 bridgehead atoms. The third kappa shape index (κ3) is 4.42. The van der Waals surface area contributed by atoms with E-state index in [9.17, 15) is 9.90 Å². The van der Waals surface area contributed by atoms with Crippen molar-refractivity contribution < 1.29 is 14.6 Å². The van der Waals surface area contributed by atoms with Crippen LogP contribution in [0.3, 0.4) is 0 Å². The van der Waals surface area contributed by atoms with Gasteiger partial charge in [0.25, 0.3) is 5.56 Å². The number of methoxy groups -OCH3 is 1. The number of rotatable bonds is 7. The molecule has 0 fully saturated rings. The number of hydrogen-bond acceptors (Lipinski definition) is 5. The molecule has 2 heterocycles. The lowest BCUT2D eigenvalue weighted by Gasteiger charge is -2.09. The van der Waals surface area contributed by atoms with Crippen molar-refractivity contribution in [1.29, 1.82) is 0 Å². The second-order valence-electron chi connectivity index (χ2n) is 5.75. The maximum atomic E-state index is 12.4. The maximum absolute atomic E-state index is 12.4. The summed E-state index contributed by atoms with van der Waals surface area (Å²) in [6.07, 6.45) is 6.62.